The Labute approximate surface area is 141 Å². The van der Waals surface area contributed by atoms with Crippen molar-refractivity contribution in [3.8, 4) is 0 Å². The van der Waals surface area contributed by atoms with E-state index in [1.165, 1.54) is 4.68 Å². The van der Waals surface area contributed by atoms with Crippen LogP contribution in [0.3, 0.4) is 0 Å². The Balaban J connectivity index is 1.72. The number of hydrogen-bond donors (Lipinski definition) is 1. The van der Waals surface area contributed by atoms with E-state index in [2.05, 4.69) is 9.82 Å². The first-order valence-electron chi connectivity index (χ1n) is 8.04. The molecule has 0 unspecified atom stereocenters. The molecule has 3 rings (SSSR count). The highest BCUT2D eigenvalue weighted by atomic mass is 32.2. The fraction of sp³-hybridized carbons (Fsp3) is 0.412. The number of hydrogen-bond acceptors (Lipinski definition) is 4. The van der Waals surface area contributed by atoms with E-state index in [-0.39, 0.29) is 23.5 Å². The van der Waals surface area contributed by atoms with Gasteiger partial charge < -0.3 is 0 Å². The third-order valence-corrected chi connectivity index (χ3v) is 5.88. The summed E-state index contributed by atoms with van der Waals surface area (Å²) in [5.41, 5.74) is 3.37. The molecule has 0 atom stereocenters. The predicted molar refractivity (Wildman–Crippen MR) is 91.6 cm³/mol. The van der Waals surface area contributed by atoms with Crippen LogP contribution in [0.1, 0.15) is 28.8 Å². The van der Waals surface area contributed by atoms with E-state index in [1.54, 1.807) is 25.1 Å². The molecule has 24 heavy (non-hydrogen) atoms. The highest BCUT2D eigenvalue weighted by molar-refractivity contribution is 7.89. The lowest BCUT2D eigenvalue weighted by molar-refractivity contribution is 0.541. The number of sulfonamides is 1. The fourth-order valence-corrected chi connectivity index (χ4v) is 4.31. The van der Waals surface area contributed by atoms with E-state index in [4.69, 9.17) is 0 Å². The van der Waals surface area contributed by atoms with E-state index in [0.29, 0.717) is 5.56 Å². The summed E-state index contributed by atoms with van der Waals surface area (Å²) >= 11 is 0. The van der Waals surface area contributed by atoms with Gasteiger partial charge in [-0.15, -0.1) is 0 Å². The van der Waals surface area contributed by atoms with Crippen molar-refractivity contribution in [2.24, 2.45) is 0 Å². The molecule has 0 fully saturated rings. The molecule has 0 aliphatic heterocycles. The summed E-state index contributed by atoms with van der Waals surface area (Å²) in [7, 11) is -3.60. The van der Waals surface area contributed by atoms with Crippen LogP contribution in [-0.4, -0.2) is 24.7 Å². The topological polar surface area (TPSA) is 81.1 Å². The molecule has 1 aliphatic carbocycles. The lowest BCUT2D eigenvalue weighted by atomic mass is 10.2. The lowest BCUT2D eigenvalue weighted by Gasteiger charge is -2.11. The third-order valence-electron chi connectivity index (χ3n) is 4.27. The zero-order chi connectivity index (χ0) is 17.3. The van der Waals surface area contributed by atoms with Crippen molar-refractivity contribution in [2.45, 2.75) is 44.6 Å². The van der Waals surface area contributed by atoms with Gasteiger partial charge in [0.2, 0.25) is 10.0 Å². The number of fused-ring (bicyclic) bond motifs is 1. The quantitative estimate of drug-likeness (QED) is 0.885. The first-order chi connectivity index (χ1) is 11.4. The van der Waals surface area contributed by atoms with Gasteiger partial charge in [-0.2, -0.15) is 5.10 Å². The Kier molecular flexibility index (Phi) is 4.56. The first kappa shape index (κ1) is 16.9. The largest absolute Gasteiger partial charge is 0.268 e. The van der Waals surface area contributed by atoms with Crippen molar-refractivity contribution in [2.75, 3.05) is 6.54 Å². The summed E-state index contributed by atoms with van der Waals surface area (Å²) < 4.78 is 28.8. The number of benzene rings is 1. The summed E-state index contributed by atoms with van der Waals surface area (Å²) in [5.74, 6) is 0. The number of nitrogens with zero attached hydrogens (tertiary/aromatic N) is 2. The van der Waals surface area contributed by atoms with Gasteiger partial charge in [0.05, 0.1) is 17.1 Å². The van der Waals surface area contributed by atoms with Crippen LogP contribution >= 0.6 is 0 Å². The van der Waals surface area contributed by atoms with Gasteiger partial charge in [-0.1, -0.05) is 12.1 Å². The van der Waals surface area contributed by atoms with Crippen LogP contribution in [0.2, 0.25) is 0 Å². The molecule has 2 aromatic rings. The molecule has 7 heteroatoms. The van der Waals surface area contributed by atoms with Crippen molar-refractivity contribution >= 4 is 10.0 Å². The number of rotatable bonds is 5. The van der Waals surface area contributed by atoms with Crippen LogP contribution in [0, 0.1) is 13.8 Å². The predicted octanol–water partition coefficient (Wildman–Crippen LogP) is 1.33. The van der Waals surface area contributed by atoms with Crippen molar-refractivity contribution in [1.29, 1.82) is 0 Å². The molecule has 1 aliphatic rings. The van der Waals surface area contributed by atoms with Crippen LogP contribution in [0.15, 0.2) is 34.0 Å². The zero-order valence-electron chi connectivity index (χ0n) is 13.9. The van der Waals surface area contributed by atoms with E-state index in [0.717, 1.165) is 36.1 Å². The summed E-state index contributed by atoms with van der Waals surface area (Å²) in [4.78, 5) is 12.3. The summed E-state index contributed by atoms with van der Waals surface area (Å²) in [6.45, 7) is 3.96. The summed E-state index contributed by atoms with van der Waals surface area (Å²) in [5, 5.41) is 4.35. The van der Waals surface area contributed by atoms with Gasteiger partial charge in [-0.3, -0.25) is 4.79 Å². The van der Waals surface area contributed by atoms with E-state index < -0.39 is 10.0 Å². The summed E-state index contributed by atoms with van der Waals surface area (Å²) in [6.07, 6.45) is 2.80. The van der Waals surface area contributed by atoms with Crippen molar-refractivity contribution in [1.82, 2.24) is 14.5 Å². The molecule has 0 amide bonds. The monoisotopic (exact) mass is 347 g/mol. The highest BCUT2D eigenvalue weighted by Crippen LogP contribution is 2.17. The van der Waals surface area contributed by atoms with Crippen molar-refractivity contribution < 1.29 is 8.42 Å². The highest BCUT2D eigenvalue weighted by Gasteiger charge is 2.18. The molecular weight excluding hydrogens is 326 g/mol. The molecule has 6 nitrogen and oxygen atoms in total. The molecule has 0 radical (unpaired) electrons. The SMILES string of the molecule is Cc1ccc(C)c(S(=O)(=O)NCCn2nc3c(cc2=O)CCC3)c1. The Morgan fingerprint density at radius 2 is 2.00 bits per heavy atom. The second kappa shape index (κ2) is 6.49. The smallest absolute Gasteiger partial charge is 0.267 e. The van der Waals surface area contributed by atoms with Gasteiger partial charge >= 0.3 is 0 Å². The normalized spacial score (nSPS) is 13.9. The molecule has 0 bridgehead atoms. The number of aromatic nitrogens is 2. The minimum Gasteiger partial charge on any atom is -0.268 e. The van der Waals surface area contributed by atoms with Gasteiger partial charge in [0, 0.05) is 12.6 Å². The van der Waals surface area contributed by atoms with Crippen LogP contribution in [0.25, 0.3) is 0 Å². The Morgan fingerprint density at radius 3 is 2.79 bits per heavy atom. The minimum absolute atomic E-state index is 0.126. The van der Waals surface area contributed by atoms with Gasteiger partial charge in [-0.25, -0.2) is 17.8 Å². The third kappa shape index (κ3) is 3.42. The number of nitrogens with one attached hydrogen (secondary N) is 1. The van der Waals surface area contributed by atoms with E-state index >= 15 is 0 Å². The van der Waals surface area contributed by atoms with Gasteiger partial charge in [0.15, 0.2) is 0 Å². The lowest BCUT2D eigenvalue weighted by Crippen LogP contribution is -2.32. The Morgan fingerprint density at radius 1 is 1.21 bits per heavy atom. The second-order valence-corrected chi connectivity index (χ2v) is 7.93. The van der Waals surface area contributed by atoms with Crippen molar-refractivity contribution in [3.63, 3.8) is 0 Å². The number of aryl methyl sites for hydroxylation is 4. The standard InChI is InChI=1S/C17H21N3O3S/c1-12-6-7-13(2)16(10-12)24(22,23)18-8-9-20-17(21)11-14-4-3-5-15(14)19-20/h6-7,10-11,18H,3-5,8-9H2,1-2H3. The van der Waals surface area contributed by atoms with Crippen LogP contribution < -0.4 is 10.3 Å². The maximum atomic E-state index is 12.4. The molecule has 0 saturated carbocycles. The Hall–Kier alpha value is -1.99. The van der Waals surface area contributed by atoms with Crippen molar-refractivity contribution in [3.05, 3.63) is 57.0 Å². The maximum Gasteiger partial charge on any atom is 0.267 e. The van der Waals surface area contributed by atoms with E-state index in [1.807, 2.05) is 13.0 Å². The van der Waals surface area contributed by atoms with E-state index in [9.17, 15) is 13.2 Å². The molecule has 1 N–H and O–H groups in total. The van der Waals surface area contributed by atoms with Gasteiger partial charge in [0.1, 0.15) is 0 Å². The van der Waals surface area contributed by atoms with Gasteiger partial charge in [-0.05, 0) is 55.9 Å². The molecule has 1 heterocycles. The maximum absolute atomic E-state index is 12.4. The second-order valence-electron chi connectivity index (χ2n) is 6.20. The average Bonchev–Trinajstić information content (AvgIpc) is 2.96. The van der Waals surface area contributed by atoms with Gasteiger partial charge in [0.25, 0.3) is 5.56 Å². The van der Waals surface area contributed by atoms with Crippen LogP contribution in [-0.2, 0) is 29.4 Å². The Bertz CT molecular complexity index is 933. The summed E-state index contributed by atoms with van der Waals surface area (Å²) in [6, 6.07) is 6.94. The minimum atomic E-state index is -3.60. The molecule has 0 spiro atoms. The molecule has 1 aromatic carbocycles. The molecule has 128 valence electrons. The first-order valence-corrected chi connectivity index (χ1v) is 9.52. The van der Waals surface area contributed by atoms with Crippen LogP contribution in [0.4, 0.5) is 0 Å². The zero-order valence-corrected chi connectivity index (χ0v) is 14.7. The average molecular weight is 347 g/mol. The molecule has 1 aromatic heterocycles. The van der Waals surface area contributed by atoms with Crippen LogP contribution in [0.5, 0.6) is 0 Å². The molecular formula is C17H21N3O3S. The molecule has 0 saturated heterocycles. The fourth-order valence-electron chi connectivity index (χ4n) is 2.96.